The van der Waals surface area contributed by atoms with E-state index < -0.39 is 0 Å². The van der Waals surface area contributed by atoms with E-state index in [9.17, 15) is 0 Å². The number of para-hydroxylation sites is 1. The number of halogens is 2. The summed E-state index contributed by atoms with van der Waals surface area (Å²) in [6.07, 6.45) is 10.3. The van der Waals surface area contributed by atoms with E-state index in [4.69, 9.17) is 27.9 Å². The molecule has 1 aromatic carbocycles. The van der Waals surface area contributed by atoms with Gasteiger partial charge in [0.15, 0.2) is 0 Å². The summed E-state index contributed by atoms with van der Waals surface area (Å²) in [5.74, 6) is 2.10. The van der Waals surface area contributed by atoms with Gasteiger partial charge in [-0.25, -0.2) is 9.97 Å². The van der Waals surface area contributed by atoms with Crippen molar-refractivity contribution in [2.24, 2.45) is 0 Å². The van der Waals surface area contributed by atoms with Gasteiger partial charge in [0.2, 0.25) is 5.95 Å². The summed E-state index contributed by atoms with van der Waals surface area (Å²) < 4.78 is 7.91. The fourth-order valence-corrected chi connectivity index (χ4v) is 3.61. The van der Waals surface area contributed by atoms with Gasteiger partial charge in [0.1, 0.15) is 11.6 Å². The molecule has 0 unspecified atom stereocenters. The van der Waals surface area contributed by atoms with E-state index in [1.165, 1.54) is 12.8 Å². The van der Waals surface area contributed by atoms with E-state index >= 15 is 0 Å². The van der Waals surface area contributed by atoms with Crippen molar-refractivity contribution in [3.05, 3.63) is 59.0 Å². The molecule has 2 heterocycles. The van der Waals surface area contributed by atoms with Crippen LogP contribution in [0.1, 0.15) is 25.7 Å². The molecule has 4 rings (SSSR count). The first kappa shape index (κ1) is 17.2. The Morgan fingerprint density at radius 3 is 2.58 bits per heavy atom. The van der Waals surface area contributed by atoms with Gasteiger partial charge >= 0.3 is 0 Å². The molecule has 0 radical (unpaired) electrons. The molecule has 1 fully saturated rings. The van der Waals surface area contributed by atoms with Gasteiger partial charge in [0, 0.05) is 24.7 Å². The predicted molar refractivity (Wildman–Crippen MR) is 104 cm³/mol. The number of nitrogens with one attached hydrogen (secondary N) is 1. The number of pyridine rings is 1. The number of rotatable bonds is 5. The average Bonchev–Trinajstić information content (AvgIpc) is 3.30. The SMILES string of the molecule is Clc1cccc(Cl)c1Nc1nccn1-c1cc(OC2CCCC2)ccn1. The van der Waals surface area contributed by atoms with Crippen LogP contribution >= 0.6 is 23.2 Å². The molecule has 2 aromatic heterocycles. The van der Waals surface area contributed by atoms with E-state index in [1.54, 1.807) is 30.6 Å². The largest absolute Gasteiger partial charge is 0.490 e. The molecule has 1 saturated carbocycles. The fraction of sp³-hybridized carbons (Fsp3) is 0.263. The monoisotopic (exact) mass is 388 g/mol. The number of anilines is 2. The van der Waals surface area contributed by atoms with E-state index in [1.807, 2.05) is 22.9 Å². The minimum Gasteiger partial charge on any atom is -0.490 e. The van der Waals surface area contributed by atoms with Crippen LogP contribution in [0.4, 0.5) is 11.6 Å². The highest BCUT2D eigenvalue weighted by atomic mass is 35.5. The van der Waals surface area contributed by atoms with Gasteiger partial charge in [0.05, 0.1) is 21.8 Å². The molecule has 1 aliphatic carbocycles. The lowest BCUT2D eigenvalue weighted by Gasteiger charge is -2.15. The molecule has 3 aromatic rings. The maximum atomic E-state index is 6.25. The Morgan fingerprint density at radius 2 is 1.81 bits per heavy atom. The second-order valence-corrected chi connectivity index (χ2v) is 7.03. The van der Waals surface area contributed by atoms with Gasteiger partial charge in [0.25, 0.3) is 0 Å². The molecular formula is C19H18Cl2N4O. The fourth-order valence-electron chi connectivity index (χ4n) is 3.11. The second-order valence-electron chi connectivity index (χ2n) is 6.22. The highest BCUT2D eigenvalue weighted by Gasteiger charge is 2.17. The normalized spacial score (nSPS) is 14.5. The van der Waals surface area contributed by atoms with Crippen molar-refractivity contribution in [1.29, 1.82) is 0 Å². The Morgan fingerprint density at radius 1 is 1.04 bits per heavy atom. The van der Waals surface area contributed by atoms with E-state index in [-0.39, 0.29) is 0 Å². The summed E-state index contributed by atoms with van der Waals surface area (Å²) in [7, 11) is 0. The van der Waals surface area contributed by atoms with Crippen molar-refractivity contribution < 1.29 is 4.74 Å². The number of hydrogen-bond donors (Lipinski definition) is 1. The van der Waals surface area contributed by atoms with Crippen molar-refractivity contribution in [3.63, 3.8) is 0 Å². The van der Waals surface area contributed by atoms with Gasteiger partial charge in [-0.05, 0) is 43.9 Å². The van der Waals surface area contributed by atoms with Crippen LogP contribution in [0.3, 0.4) is 0 Å². The quantitative estimate of drug-likeness (QED) is 0.614. The standard InChI is InChI=1S/C19H18Cl2N4O/c20-15-6-3-7-16(21)18(15)24-19-23-10-11-25(19)17-12-14(8-9-22-17)26-13-4-1-2-5-13/h3,6-13H,1-2,4-5H2,(H,23,24). The molecule has 0 saturated heterocycles. The number of hydrogen-bond acceptors (Lipinski definition) is 4. The first-order chi connectivity index (χ1) is 12.7. The van der Waals surface area contributed by atoms with Gasteiger partial charge in [-0.1, -0.05) is 29.3 Å². The molecule has 0 amide bonds. The molecule has 7 heteroatoms. The van der Waals surface area contributed by atoms with Crippen LogP contribution in [-0.2, 0) is 0 Å². The van der Waals surface area contributed by atoms with Crippen LogP contribution in [0.2, 0.25) is 10.0 Å². The summed E-state index contributed by atoms with van der Waals surface area (Å²) in [6, 6.07) is 9.15. The van der Waals surface area contributed by atoms with Crippen LogP contribution in [0.25, 0.3) is 5.82 Å². The van der Waals surface area contributed by atoms with E-state index in [2.05, 4.69) is 15.3 Å². The van der Waals surface area contributed by atoms with Gasteiger partial charge in [-0.15, -0.1) is 0 Å². The Hall–Kier alpha value is -2.24. The molecule has 26 heavy (non-hydrogen) atoms. The third kappa shape index (κ3) is 3.64. The lowest BCUT2D eigenvalue weighted by Crippen LogP contribution is -2.11. The zero-order valence-electron chi connectivity index (χ0n) is 14.0. The van der Waals surface area contributed by atoms with Crippen LogP contribution in [0.15, 0.2) is 48.9 Å². The molecule has 1 aliphatic rings. The van der Waals surface area contributed by atoms with Crippen LogP contribution < -0.4 is 10.1 Å². The number of ether oxygens (including phenoxy) is 1. The molecule has 134 valence electrons. The highest BCUT2D eigenvalue weighted by Crippen LogP contribution is 2.33. The minimum absolute atomic E-state index is 0.299. The lowest BCUT2D eigenvalue weighted by molar-refractivity contribution is 0.210. The molecule has 0 bridgehead atoms. The van der Waals surface area contributed by atoms with Crippen LogP contribution in [0, 0.1) is 0 Å². The molecular weight excluding hydrogens is 371 g/mol. The zero-order chi connectivity index (χ0) is 17.9. The topological polar surface area (TPSA) is 52.0 Å². The number of imidazole rings is 1. The maximum absolute atomic E-state index is 6.25. The lowest BCUT2D eigenvalue weighted by atomic mass is 10.3. The predicted octanol–water partition coefficient (Wildman–Crippen LogP) is 5.64. The molecule has 0 spiro atoms. The Balaban J connectivity index is 1.60. The number of aromatic nitrogens is 3. The molecule has 5 nitrogen and oxygen atoms in total. The Bertz CT molecular complexity index is 886. The summed E-state index contributed by atoms with van der Waals surface area (Å²) >= 11 is 12.5. The highest BCUT2D eigenvalue weighted by molar-refractivity contribution is 6.39. The van der Waals surface area contributed by atoms with Crippen molar-refractivity contribution in [2.75, 3.05) is 5.32 Å². The molecule has 1 N–H and O–H groups in total. The van der Waals surface area contributed by atoms with Gasteiger partial charge in [-0.2, -0.15) is 0 Å². The van der Waals surface area contributed by atoms with Gasteiger partial charge in [-0.3, -0.25) is 4.57 Å². The van der Waals surface area contributed by atoms with Crippen molar-refractivity contribution in [1.82, 2.24) is 14.5 Å². The number of nitrogens with zero attached hydrogens (tertiary/aromatic N) is 3. The Kier molecular flexibility index (Phi) is 5.00. The zero-order valence-corrected chi connectivity index (χ0v) is 15.5. The summed E-state index contributed by atoms with van der Waals surface area (Å²) in [4.78, 5) is 8.80. The minimum atomic E-state index is 0.299. The average molecular weight is 389 g/mol. The maximum Gasteiger partial charge on any atom is 0.213 e. The molecule has 0 atom stereocenters. The summed E-state index contributed by atoms with van der Waals surface area (Å²) in [5.41, 5.74) is 0.613. The number of benzene rings is 1. The Labute approximate surface area is 161 Å². The van der Waals surface area contributed by atoms with Crippen molar-refractivity contribution in [2.45, 2.75) is 31.8 Å². The van der Waals surface area contributed by atoms with Crippen LogP contribution in [0.5, 0.6) is 5.75 Å². The third-order valence-electron chi connectivity index (χ3n) is 4.41. The summed E-state index contributed by atoms with van der Waals surface area (Å²) in [6.45, 7) is 0. The first-order valence-corrected chi connectivity index (χ1v) is 9.34. The van der Waals surface area contributed by atoms with E-state index in [0.717, 1.165) is 18.6 Å². The first-order valence-electron chi connectivity index (χ1n) is 8.58. The van der Waals surface area contributed by atoms with Gasteiger partial charge < -0.3 is 10.1 Å². The van der Waals surface area contributed by atoms with Crippen LogP contribution in [-0.4, -0.2) is 20.6 Å². The smallest absolute Gasteiger partial charge is 0.213 e. The third-order valence-corrected chi connectivity index (χ3v) is 5.04. The summed E-state index contributed by atoms with van der Waals surface area (Å²) in [5, 5.41) is 4.24. The molecule has 0 aliphatic heterocycles. The van der Waals surface area contributed by atoms with Crippen molar-refractivity contribution >= 4 is 34.8 Å². The van der Waals surface area contributed by atoms with Crippen molar-refractivity contribution in [3.8, 4) is 11.6 Å². The van der Waals surface area contributed by atoms with E-state index in [0.29, 0.717) is 33.6 Å². The second kappa shape index (κ2) is 7.56.